The molecule has 0 aliphatic carbocycles. The van der Waals surface area contributed by atoms with Gasteiger partial charge in [0.25, 0.3) is 0 Å². The van der Waals surface area contributed by atoms with Crippen LogP contribution in [0.1, 0.15) is 179 Å². The predicted octanol–water partition coefficient (Wildman–Crippen LogP) is 22.5. The maximum atomic E-state index is 6.31. The molecule has 3 aromatic heterocycles. The van der Waals surface area contributed by atoms with Crippen LogP contribution < -0.4 is 24.3 Å². The van der Waals surface area contributed by atoms with Crippen molar-refractivity contribution in [3.63, 3.8) is 0 Å². The number of nitrogens with zero attached hydrogens (tertiary/aromatic N) is 5. The minimum absolute atomic E-state index is 0. The number of rotatable bonds is 7. The van der Waals surface area contributed by atoms with E-state index in [-0.39, 0.29) is 64.0 Å². The molecule has 5 heterocycles. The third-order valence-corrected chi connectivity index (χ3v) is 15.0. The average Bonchev–Trinajstić information content (AvgIpc) is 1.63. The minimum Gasteiger partial charge on any atom is -0.656 e. The van der Waals surface area contributed by atoms with Crippen molar-refractivity contribution in [2.45, 2.75) is 112 Å². The van der Waals surface area contributed by atoms with Gasteiger partial charge in [0.05, 0.1) is 49.4 Å². The molecule has 91 heavy (non-hydrogen) atoms. The number of fused-ring (bicyclic) bond motifs is 8. The Morgan fingerprint density at radius 1 is 0.440 bits per heavy atom. The van der Waals surface area contributed by atoms with Crippen molar-refractivity contribution in [1.29, 1.82) is 0 Å². The summed E-state index contributed by atoms with van der Waals surface area (Å²) >= 11 is 0. The van der Waals surface area contributed by atoms with Gasteiger partial charge in [0, 0.05) is 73.0 Å². The van der Waals surface area contributed by atoms with E-state index in [1.54, 1.807) is 31.5 Å². The standard InChI is InChI=1S/C83H71N5O2.Zn.16H2/c1-18-20-22-24-26-28-50-88(51-29-27-25-23-21-19-2)61-38-34-58(35-39-61)37-41-63-70-44-48-74(86-70)76(59-52-64(80(4,5)6)78(89-16)65(53-59)81(7,8)9)72-46-42-68(84-72)62(40-36-57-32-30-56(3)31-33-57)69-43-47-73(85-69)77(75-49-45-71(63)87-75)60-54-66(82(10,11)12)79(90-17)67(55-60)83(13,14)15;;;;;;;;;;;;;;;;;/h30-35,38-39,42-55H,1-2H2,3-17H3;;16*1H/q-2;+2;;;;;;;;;;;;;;;;. The minimum atomic E-state index is -0.297. The largest absolute Gasteiger partial charge is 2.00 e. The number of benzene rings is 4. The number of aryl methyl sites for hydroxylation is 1. The molecule has 2 aliphatic heterocycles. The molecule has 0 N–H and O–H groups in total. The summed E-state index contributed by atoms with van der Waals surface area (Å²) in [6.45, 7) is 35.7. The van der Waals surface area contributed by atoms with Crippen LogP contribution in [0.3, 0.4) is 0 Å². The molecule has 0 saturated heterocycles. The fourth-order valence-electron chi connectivity index (χ4n) is 10.4. The molecular formula is C83H103N5O2Zn. The average molecular weight is 1270 g/mol. The topological polar surface area (TPSA) is 75.7 Å². The smallest absolute Gasteiger partial charge is 0.656 e. The summed E-state index contributed by atoms with van der Waals surface area (Å²) in [6.07, 6.45) is 11.5. The van der Waals surface area contributed by atoms with Crippen LogP contribution in [-0.2, 0) is 41.1 Å². The Morgan fingerprint density at radius 3 is 1.13 bits per heavy atom. The van der Waals surface area contributed by atoms with E-state index in [9.17, 15) is 0 Å². The van der Waals surface area contributed by atoms with Gasteiger partial charge >= 0.3 is 19.5 Å². The molecule has 0 unspecified atom stereocenters. The van der Waals surface area contributed by atoms with Gasteiger partial charge in [-0.3, -0.25) is 0 Å². The molecule has 0 fully saturated rings. The first-order valence-electron chi connectivity index (χ1n) is 29.6. The van der Waals surface area contributed by atoms with Crippen molar-refractivity contribution in [3.05, 3.63) is 264 Å². The van der Waals surface area contributed by atoms with Gasteiger partial charge in [-0.1, -0.05) is 160 Å². The maximum Gasteiger partial charge on any atom is 2.00 e. The number of aromatic nitrogens is 4. The first-order chi connectivity index (χ1) is 42.9. The summed E-state index contributed by atoms with van der Waals surface area (Å²) in [4.78, 5) is 24.1. The molecule has 8 bridgehead atoms. The SMILES string of the molecule is C=C=C=C=C=C=C=CN(C=C=C=C=C=C=C=C)c1ccc(C#Cc2c3nc(c(-c4cc(C(C)(C)C)c(OC)c(C(C)(C)C)c4)c4ccc([n-]4)c(C#Cc4ccc(C)cc4)c4nc(c(-c5cc(C(C)(C)C)c(OC)c(C(C)(C)C)c5)c5ccc2[n-]5)C=C4)C=C3)cc1.[HH].[HH].[HH].[HH].[HH].[HH].[HH].[HH].[HH].[HH].[HH].[HH].[HH].[HH].[HH].[HH].[Zn+2]. The molecule has 8 heteroatoms. The molecule has 0 spiro atoms. The Bertz CT molecular complexity index is 4810. The summed E-state index contributed by atoms with van der Waals surface area (Å²) < 4.78 is 12.6. The normalized spacial score (nSPS) is 11.1. The number of methoxy groups -OCH3 is 2. The first kappa shape index (κ1) is 66.4. The van der Waals surface area contributed by atoms with Gasteiger partial charge in [0.15, 0.2) is 0 Å². The summed E-state index contributed by atoms with van der Waals surface area (Å²) in [6, 6.07) is 33.2. The van der Waals surface area contributed by atoms with E-state index < -0.39 is 0 Å². The van der Waals surface area contributed by atoms with E-state index in [1.165, 1.54) is 0 Å². The van der Waals surface area contributed by atoms with Crippen molar-refractivity contribution < 1.29 is 51.8 Å². The van der Waals surface area contributed by atoms with E-state index in [0.29, 0.717) is 44.8 Å². The van der Waals surface area contributed by atoms with E-state index >= 15 is 0 Å². The molecule has 0 amide bonds. The number of anilines is 1. The Labute approximate surface area is 573 Å². The Kier molecular flexibility index (Phi) is 20.3. The Morgan fingerprint density at radius 2 is 0.780 bits per heavy atom. The molecule has 0 atom stereocenters. The molecule has 7 nitrogen and oxygen atoms in total. The third-order valence-electron chi connectivity index (χ3n) is 15.0. The van der Waals surface area contributed by atoms with Crippen LogP contribution in [0.4, 0.5) is 5.69 Å². The van der Waals surface area contributed by atoms with Gasteiger partial charge in [-0.05, 0) is 206 Å². The van der Waals surface area contributed by atoms with Crippen molar-refractivity contribution in [2.75, 3.05) is 19.1 Å². The molecule has 2 aliphatic rings. The van der Waals surface area contributed by atoms with Crippen molar-refractivity contribution >= 4 is 52.1 Å². The van der Waals surface area contributed by atoms with E-state index in [4.69, 9.17) is 29.4 Å². The number of hydrogen-bond donors (Lipinski definition) is 0. The van der Waals surface area contributed by atoms with Crippen molar-refractivity contribution in [3.8, 4) is 57.4 Å². The summed E-state index contributed by atoms with van der Waals surface area (Å²) in [7, 11) is 3.52. The van der Waals surface area contributed by atoms with Gasteiger partial charge in [0.1, 0.15) is 11.5 Å². The van der Waals surface area contributed by atoms with E-state index in [1.807, 2.05) is 60.7 Å². The second-order valence-corrected chi connectivity index (χ2v) is 25.8. The van der Waals surface area contributed by atoms with Gasteiger partial charge in [0.2, 0.25) is 0 Å². The zero-order valence-electron chi connectivity index (χ0n) is 54.9. The molecule has 9 rings (SSSR count). The molecule has 474 valence electrons. The second-order valence-electron chi connectivity index (χ2n) is 25.8. The van der Waals surface area contributed by atoms with Gasteiger partial charge in [-0.2, -0.15) is 0 Å². The summed E-state index contributed by atoms with van der Waals surface area (Å²) in [5, 5.41) is 0. The zero-order chi connectivity index (χ0) is 64.5. The Balaban J connectivity index is -0.000000807. The molecule has 0 saturated carbocycles. The fourth-order valence-corrected chi connectivity index (χ4v) is 10.4. The quantitative estimate of drug-likeness (QED) is 0.0894. The van der Waals surface area contributed by atoms with E-state index in [0.717, 1.165) is 89.6 Å². The molecular weight excluding hydrogens is 1160 g/mol. The third kappa shape index (κ3) is 15.5. The summed E-state index contributed by atoms with van der Waals surface area (Å²) in [5.41, 5.74) is 49.5. The molecule has 4 aromatic carbocycles. The number of hydrogen-bond acceptors (Lipinski definition) is 5. The van der Waals surface area contributed by atoms with Crippen LogP contribution in [0.25, 0.3) is 68.6 Å². The van der Waals surface area contributed by atoms with Crippen LogP contribution in [0, 0.1) is 30.6 Å². The van der Waals surface area contributed by atoms with Crippen LogP contribution in [0.5, 0.6) is 11.5 Å². The van der Waals surface area contributed by atoms with Gasteiger partial charge in [-0.15, -0.1) is 22.1 Å². The van der Waals surface area contributed by atoms with Crippen LogP contribution in [-0.4, -0.2) is 24.2 Å². The maximum absolute atomic E-state index is 6.31. The molecule has 0 radical (unpaired) electrons. The van der Waals surface area contributed by atoms with Gasteiger partial charge in [-0.25, -0.2) is 9.97 Å². The van der Waals surface area contributed by atoms with Crippen LogP contribution >= 0.6 is 0 Å². The first-order valence-corrected chi connectivity index (χ1v) is 29.6. The second kappa shape index (κ2) is 27.9. The summed E-state index contributed by atoms with van der Waals surface area (Å²) in [5.74, 6) is 15.9. The van der Waals surface area contributed by atoms with Gasteiger partial charge < -0.3 is 24.3 Å². The van der Waals surface area contributed by atoms with Crippen molar-refractivity contribution in [1.82, 2.24) is 19.9 Å². The zero-order valence-corrected chi connectivity index (χ0v) is 57.8. The van der Waals surface area contributed by atoms with Crippen molar-refractivity contribution in [2.24, 2.45) is 0 Å². The Hall–Kier alpha value is -10.5. The fraction of sp³-hybridized carbons (Fsp3) is 0.229. The monoisotopic (exact) mass is 1270 g/mol. The van der Waals surface area contributed by atoms with E-state index in [2.05, 4.69) is 256 Å². The molecule has 7 aromatic rings. The van der Waals surface area contributed by atoms with Crippen LogP contribution in [0.2, 0.25) is 0 Å². The number of ether oxygens (including phenoxy) is 2. The predicted molar refractivity (Wildman–Crippen MR) is 404 cm³/mol. The van der Waals surface area contributed by atoms with Crippen LogP contribution in [0.15, 0.2) is 191 Å².